The van der Waals surface area contributed by atoms with Crippen molar-refractivity contribution in [2.45, 2.75) is 77.4 Å². The summed E-state index contributed by atoms with van der Waals surface area (Å²) in [6.45, 7) is 6.93. The van der Waals surface area contributed by atoms with E-state index in [-0.39, 0.29) is 6.03 Å². The van der Waals surface area contributed by atoms with Crippen LogP contribution in [0.4, 0.5) is 4.79 Å². The quantitative estimate of drug-likeness (QED) is 0.805. The molecule has 1 fully saturated rings. The highest BCUT2D eigenvalue weighted by Gasteiger charge is 2.27. The molecule has 0 saturated carbocycles. The number of aromatic amines is 1. The molecule has 6 heteroatoms. The number of nitrogens with one attached hydrogen (secondary N) is 2. The summed E-state index contributed by atoms with van der Waals surface area (Å²) in [5.41, 5.74) is 3.66. The average molecular weight is 348 g/mol. The number of amides is 2. The number of fused-ring (bicyclic) bond motifs is 1. The van der Waals surface area contributed by atoms with Crippen molar-refractivity contribution in [3.63, 3.8) is 0 Å². The number of H-pyrrole nitrogens is 1. The lowest BCUT2D eigenvalue weighted by Gasteiger charge is -2.29. The fourth-order valence-corrected chi connectivity index (χ4v) is 4.25. The van der Waals surface area contributed by atoms with Crippen molar-refractivity contribution in [1.29, 1.82) is 0 Å². The summed E-state index contributed by atoms with van der Waals surface area (Å²) < 4.78 is 0. The van der Waals surface area contributed by atoms with E-state index in [0.717, 1.165) is 31.6 Å². The maximum atomic E-state index is 12.5. The van der Waals surface area contributed by atoms with E-state index < -0.39 is 0 Å². The molecule has 1 aromatic heterocycles. The molecule has 1 atom stereocenters. The Bertz CT molecular complexity index is 582. The molecule has 0 spiro atoms. The van der Waals surface area contributed by atoms with Gasteiger partial charge in [-0.15, -0.1) is 0 Å². The summed E-state index contributed by atoms with van der Waals surface area (Å²) >= 11 is 0. The van der Waals surface area contributed by atoms with Crippen LogP contribution in [0.25, 0.3) is 0 Å². The monoisotopic (exact) mass is 347 g/mol. The van der Waals surface area contributed by atoms with Gasteiger partial charge in [0.1, 0.15) is 0 Å². The van der Waals surface area contributed by atoms with Gasteiger partial charge in [-0.1, -0.05) is 6.42 Å². The Morgan fingerprint density at radius 2 is 2.12 bits per heavy atom. The van der Waals surface area contributed by atoms with Gasteiger partial charge in [0.15, 0.2) is 0 Å². The molecule has 2 amide bonds. The van der Waals surface area contributed by atoms with Crippen LogP contribution in [0.15, 0.2) is 0 Å². The van der Waals surface area contributed by atoms with E-state index >= 15 is 0 Å². The van der Waals surface area contributed by atoms with E-state index in [9.17, 15) is 4.79 Å². The molecule has 1 unspecified atom stereocenters. The fraction of sp³-hybridized carbons (Fsp3) is 0.789. The smallest absolute Gasteiger partial charge is 0.317 e. The third-order valence-corrected chi connectivity index (χ3v) is 5.70. The van der Waals surface area contributed by atoms with Crippen LogP contribution >= 0.6 is 0 Å². The molecule has 6 nitrogen and oxygen atoms in total. The van der Waals surface area contributed by atoms with Crippen LogP contribution in [0, 0.1) is 0 Å². The van der Waals surface area contributed by atoms with E-state index in [2.05, 4.69) is 34.3 Å². The Labute approximate surface area is 151 Å². The molecular formula is C19H33N5O. The molecule has 2 N–H and O–H groups in total. The molecule has 1 aliphatic heterocycles. The zero-order valence-electron chi connectivity index (χ0n) is 16.0. The van der Waals surface area contributed by atoms with E-state index in [0.29, 0.717) is 18.6 Å². The number of carbonyl (C=O) groups is 1. The van der Waals surface area contributed by atoms with Gasteiger partial charge in [-0.25, -0.2) is 4.79 Å². The van der Waals surface area contributed by atoms with Crippen molar-refractivity contribution < 1.29 is 4.79 Å². The maximum absolute atomic E-state index is 12.5. The third kappa shape index (κ3) is 4.35. The number of urea groups is 1. The topological polar surface area (TPSA) is 64.3 Å². The second-order valence-corrected chi connectivity index (χ2v) is 7.86. The molecular weight excluding hydrogens is 314 g/mol. The van der Waals surface area contributed by atoms with Gasteiger partial charge in [-0.3, -0.25) is 10.00 Å². The number of likely N-dealkylation sites (tertiary alicyclic amines) is 1. The number of hydrogen-bond donors (Lipinski definition) is 2. The van der Waals surface area contributed by atoms with E-state index in [1.807, 2.05) is 7.05 Å². The number of aryl methyl sites for hydroxylation is 1. The second kappa shape index (κ2) is 8.21. The van der Waals surface area contributed by atoms with Gasteiger partial charge in [0.05, 0.1) is 12.2 Å². The predicted molar refractivity (Wildman–Crippen MR) is 99.6 cm³/mol. The van der Waals surface area contributed by atoms with Crippen LogP contribution < -0.4 is 5.32 Å². The summed E-state index contributed by atoms with van der Waals surface area (Å²) in [5.74, 6) is 0. The number of rotatable bonds is 5. The highest BCUT2D eigenvalue weighted by atomic mass is 16.2. The molecule has 1 aromatic rings. The standard InChI is InChI=1S/C19H33N5O/c1-14(2)24-11-7-8-15(24)12-20-19(25)23(3)13-18-16-9-5-4-6-10-17(16)21-22-18/h14-15H,4-13H2,1-3H3,(H,20,25)(H,21,22). The minimum absolute atomic E-state index is 0.000906. The first kappa shape index (κ1) is 18.2. The van der Waals surface area contributed by atoms with E-state index in [1.165, 1.54) is 43.4 Å². The maximum Gasteiger partial charge on any atom is 0.317 e. The van der Waals surface area contributed by atoms with Gasteiger partial charge in [-0.05, 0) is 64.5 Å². The first-order chi connectivity index (χ1) is 12.1. The molecule has 1 saturated heterocycles. The zero-order valence-corrected chi connectivity index (χ0v) is 16.0. The highest BCUT2D eigenvalue weighted by Crippen LogP contribution is 2.22. The van der Waals surface area contributed by atoms with Crippen molar-refractivity contribution >= 4 is 6.03 Å². The molecule has 140 valence electrons. The summed E-state index contributed by atoms with van der Waals surface area (Å²) in [6.07, 6.45) is 8.32. The van der Waals surface area contributed by atoms with Crippen LogP contribution in [-0.2, 0) is 19.4 Å². The fourth-order valence-electron chi connectivity index (χ4n) is 4.25. The molecule has 3 rings (SSSR count). The first-order valence-corrected chi connectivity index (χ1v) is 9.86. The van der Waals surface area contributed by atoms with Crippen molar-refractivity contribution in [2.75, 3.05) is 20.1 Å². The predicted octanol–water partition coefficient (Wildman–Crippen LogP) is 2.69. The van der Waals surface area contributed by atoms with Gasteiger partial charge in [0, 0.05) is 31.4 Å². The van der Waals surface area contributed by atoms with Gasteiger partial charge in [-0.2, -0.15) is 5.10 Å². The van der Waals surface area contributed by atoms with Crippen LogP contribution in [0.3, 0.4) is 0 Å². The van der Waals surface area contributed by atoms with Gasteiger partial charge in [0.2, 0.25) is 0 Å². The van der Waals surface area contributed by atoms with Crippen molar-refractivity contribution in [3.8, 4) is 0 Å². The Kier molecular flexibility index (Phi) is 5.99. The molecule has 1 aliphatic carbocycles. The number of hydrogen-bond acceptors (Lipinski definition) is 3. The van der Waals surface area contributed by atoms with Crippen LogP contribution in [-0.4, -0.2) is 58.2 Å². The molecule has 2 aliphatic rings. The van der Waals surface area contributed by atoms with Crippen molar-refractivity contribution in [2.24, 2.45) is 0 Å². The summed E-state index contributed by atoms with van der Waals surface area (Å²) in [5, 5.41) is 10.8. The average Bonchev–Trinajstić information content (AvgIpc) is 3.13. The Hall–Kier alpha value is -1.56. The number of nitrogens with zero attached hydrogens (tertiary/aromatic N) is 3. The van der Waals surface area contributed by atoms with Crippen molar-refractivity contribution in [3.05, 3.63) is 17.0 Å². The summed E-state index contributed by atoms with van der Waals surface area (Å²) in [7, 11) is 1.86. The molecule has 2 heterocycles. The van der Waals surface area contributed by atoms with Gasteiger partial charge < -0.3 is 10.2 Å². The Morgan fingerprint density at radius 1 is 1.32 bits per heavy atom. The van der Waals surface area contributed by atoms with Crippen molar-refractivity contribution in [1.82, 2.24) is 25.3 Å². The minimum Gasteiger partial charge on any atom is -0.336 e. The van der Waals surface area contributed by atoms with Crippen LogP contribution in [0.1, 0.15) is 62.9 Å². The largest absolute Gasteiger partial charge is 0.336 e. The Morgan fingerprint density at radius 3 is 2.92 bits per heavy atom. The Balaban J connectivity index is 1.52. The molecule has 0 radical (unpaired) electrons. The van der Waals surface area contributed by atoms with Gasteiger partial charge >= 0.3 is 6.03 Å². The summed E-state index contributed by atoms with van der Waals surface area (Å²) in [6, 6.07) is 1.02. The van der Waals surface area contributed by atoms with Crippen LogP contribution in [0.5, 0.6) is 0 Å². The number of aromatic nitrogens is 2. The zero-order chi connectivity index (χ0) is 17.8. The normalized spacial score (nSPS) is 21.2. The van der Waals surface area contributed by atoms with E-state index in [1.54, 1.807) is 4.90 Å². The SMILES string of the molecule is CC(C)N1CCCC1CNC(=O)N(C)Cc1n[nH]c2c1CCCCC2. The second-order valence-electron chi connectivity index (χ2n) is 7.86. The molecule has 25 heavy (non-hydrogen) atoms. The first-order valence-electron chi connectivity index (χ1n) is 9.86. The number of carbonyl (C=O) groups excluding carboxylic acids is 1. The highest BCUT2D eigenvalue weighted by molar-refractivity contribution is 5.73. The van der Waals surface area contributed by atoms with Crippen LogP contribution in [0.2, 0.25) is 0 Å². The molecule has 0 bridgehead atoms. The lowest BCUT2D eigenvalue weighted by Crippen LogP contribution is -2.46. The third-order valence-electron chi connectivity index (χ3n) is 5.70. The lowest BCUT2D eigenvalue weighted by atomic mass is 10.1. The summed E-state index contributed by atoms with van der Waals surface area (Å²) in [4.78, 5) is 16.8. The lowest BCUT2D eigenvalue weighted by molar-refractivity contribution is 0.183. The van der Waals surface area contributed by atoms with Gasteiger partial charge in [0.25, 0.3) is 0 Å². The van der Waals surface area contributed by atoms with E-state index in [4.69, 9.17) is 0 Å². The minimum atomic E-state index is 0.000906. The molecule has 0 aromatic carbocycles.